The van der Waals surface area contributed by atoms with E-state index < -0.39 is 40.7 Å². The quantitative estimate of drug-likeness (QED) is 0.414. The molecular weight excluding hydrogens is 407 g/mol. The molecule has 1 saturated heterocycles. The van der Waals surface area contributed by atoms with E-state index in [1.165, 1.54) is 54.3 Å². The molecule has 162 valence electrons. The number of rotatable bonds is 7. The Morgan fingerprint density at radius 2 is 1.90 bits per heavy atom. The zero-order valence-electron chi connectivity index (χ0n) is 17.0. The predicted molar refractivity (Wildman–Crippen MR) is 108 cm³/mol. The number of carbonyl (C=O) groups is 3. The molecule has 0 aromatic heterocycles. The number of benzene rings is 2. The number of nitro groups is 1. The van der Waals surface area contributed by atoms with Gasteiger partial charge < -0.3 is 10.2 Å². The van der Waals surface area contributed by atoms with Gasteiger partial charge in [-0.05, 0) is 49.2 Å². The minimum atomic E-state index is -1.45. The summed E-state index contributed by atoms with van der Waals surface area (Å²) in [7, 11) is 0. The smallest absolute Gasteiger partial charge is 0.325 e. The molecule has 0 radical (unpaired) electrons. The van der Waals surface area contributed by atoms with E-state index in [1.807, 2.05) is 0 Å². The zero-order chi connectivity index (χ0) is 22.8. The number of non-ortho nitro benzene ring substituents is 1. The molecule has 0 spiro atoms. The monoisotopic (exact) mass is 428 g/mol. The van der Waals surface area contributed by atoms with Crippen molar-refractivity contribution < 1.29 is 23.7 Å². The van der Waals surface area contributed by atoms with Gasteiger partial charge in [0.2, 0.25) is 5.91 Å². The van der Waals surface area contributed by atoms with Crippen LogP contribution in [0.25, 0.3) is 0 Å². The summed E-state index contributed by atoms with van der Waals surface area (Å²) < 4.78 is 13.4. The third-order valence-electron chi connectivity index (χ3n) is 5.22. The molecule has 4 amide bonds. The molecule has 1 N–H and O–H groups in total. The van der Waals surface area contributed by atoms with Gasteiger partial charge in [0.25, 0.3) is 11.6 Å². The molecule has 1 aliphatic rings. The molecule has 0 bridgehead atoms. The first-order valence-electron chi connectivity index (χ1n) is 9.57. The maximum atomic E-state index is 13.4. The first-order chi connectivity index (χ1) is 14.7. The van der Waals surface area contributed by atoms with Gasteiger partial charge in [0, 0.05) is 25.2 Å². The predicted octanol–water partition coefficient (Wildman–Crippen LogP) is 2.55. The molecule has 1 heterocycles. The van der Waals surface area contributed by atoms with Crippen LogP contribution in [-0.4, -0.2) is 45.7 Å². The molecule has 1 unspecified atom stereocenters. The molecule has 1 fully saturated rings. The van der Waals surface area contributed by atoms with Gasteiger partial charge in [-0.3, -0.25) is 24.6 Å². The molecular formula is C21H21FN4O5. The lowest BCUT2D eigenvalue weighted by molar-refractivity contribution is -0.384. The summed E-state index contributed by atoms with van der Waals surface area (Å²) in [5.41, 5.74) is -0.653. The Hall–Kier alpha value is -3.82. The molecule has 10 heteroatoms. The van der Waals surface area contributed by atoms with E-state index in [-0.39, 0.29) is 12.2 Å². The van der Waals surface area contributed by atoms with Crippen LogP contribution in [0.5, 0.6) is 0 Å². The van der Waals surface area contributed by atoms with E-state index in [1.54, 1.807) is 13.0 Å². The third kappa shape index (κ3) is 4.37. The maximum absolute atomic E-state index is 13.4. The van der Waals surface area contributed by atoms with Crippen LogP contribution >= 0.6 is 0 Å². The van der Waals surface area contributed by atoms with Crippen molar-refractivity contribution in [2.24, 2.45) is 0 Å². The highest BCUT2D eigenvalue weighted by molar-refractivity contribution is 6.09. The maximum Gasteiger partial charge on any atom is 0.325 e. The Morgan fingerprint density at radius 3 is 2.48 bits per heavy atom. The van der Waals surface area contributed by atoms with E-state index in [9.17, 15) is 28.9 Å². The van der Waals surface area contributed by atoms with E-state index in [2.05, 4.69) is 5.32 Å². The van der Waals surface area contributed by atoms with Gasteiger partial charge in [-0.2, -0.15) is 0 Å². The van der Waals surface area contributed by atoms with Crippen molar-refractivity contribution in [3.8, 4) is 0 Å². The average Bonchev–Trinajstić information content (AvgIpc) is 2.96. The van der Waals surface area contributed by atoms with Crippen molar-refractivity contribution in [2.75, 3.05) is 13.1 Å². The van der Waals surface area contributed by atoms with Crippen molar-refractivity contribution in [3.05, 3.63) is 75.6 Å². The van der Waals surface area contributed by atoms with Crippen molar-refractivity contribution in [1.82, 2.24) is 15.1 Å². The van der Waals surface area contributed by atoms with Gasteiger partial charge in [-0.15, -0.1) is 0 Å². The van der Waals surface area contributed by atoms with Crippen LogP contribution in [0.2, 0.25) is 0 Å². The molecule has 31 heavy (non-hydrogen) atoms. The number of amides is 4. The summed E-state index contributed by atoms with van der Waals surface area (Å²) >= 11 is 0. The fourth-order valence-corrected chi connectivity index (χ4v) is 3.42. The fraction of sp³-hybridized carbons (Fsp3) is 0.286. The van der Waals surface area contributed by atoms with Crippen LogP contribution in [0.15, 0.2) is 48.5 Å². The SMILES string of the molecule is CCN(Cc1cccc(F)c1)C(=O)CN1C(=O)NC(C)(c2ccc([N+](=O)[O-])cc2)C1=O. The second-order valence-electron chi connectivity index (χ2n) is 7.29. The number of nitrogens with one attached hydrogen (secondary N) is 1. The Kier molecular flexibility index (Phi) is 6.00. The third-order valence-corrected chi connectivity index (χ3v) is 5.22. The summed E-state index contributed by atoms with van der Waals surface area (Å²) in [6.07, 6.45) is 0. The molecule has 9 nitrogen and oxygen atoms in total. The number of halogens is 1. The number of hydrogen-bond acceptors (Lipinski definition) is 5. The Morgan fingerprint density at radius 1 is 1.23 bits per heavy atom. The number of hydrogen-bond donors (Lipinski definition) is 1. The summed E-state index contributed by atoms with van der Waals surface area (Å²) in [5.74, 6) is -1.53. The molecule has 1 aliphatic heterocycles. The number of urea groups is 1. The first-order valence-corrected chi connectivity index (χ1v) is 9.57. The number of likely N-dealkylation sites (N-methyl/N-ethyl adjacent to an activating group) is 1. The van der Waals surface area contributed by atoms with Crippen molar-refractivity contribution in [1.29, 1.82) is 0 Å². The normalized spacial score (nSPS) is 18.1. The van der Waals surface area contributed by atoms with Crippen molar-refractivity contribution in [3.63, 3.8) is 0 Å². The molecule has 0 aliphatic carbocycles. The second-order valence-corrected chi connectivity index (χ2v) is 7.29. The molecule has 2 aromatic rings. The highest BCUT2D eigenvalue weighted by Crippen LogP contribution is 2.30. The van der Waals surface area contributed by atoms with Crippen LogP contribution in [0.3, 0.4) is 0 Å². The number of nitro benzene ring substituents is 1. The van der Waals surface area contributed by atoms with Gasteiger partial charge in [0.1, 0.15) is 17.9 Å². The van der Waals surface area contributed by atoms with E-state index in [0.717, 1.165) is 4.90 Å². The summed E-state index contributed by atoms with van der Waals surface area (Å²) in [6, 6.07) is 10.4. The standard InChI is InChI=1S/C21H21FN4O5/c1-3-24(12-14-5-4-6-16(22)11-14)18(27)13-25-19(28)21(2,23-20(25)29)15-7-9-17(10-8-15)26(30)31/h4-11H,3,12-13H2,1-2H3,(H,23,29). The largest absolute Gasteiger partial charge is 0.337 e. The van der Waals surface area contributed by atoms with Crippen LogP contribution in [0.4, 0.5) is 14.9 Å². The number of carbonyl (C=O) groups excluding carboxylic acids is 3. The van der Waals surface area contributed by atoms with Crippen LogP contribution < -0.4 is 5.32 Å². The molecule has 2 aromatic carbocycles. The Balaban J connectivity index is 1.75. The summed E-state index contributed by atoms with van der Waals surface area (Å²) in [6.45, 7) is 3.18. The van der Waals surface area contributed by atoms with Gasteiger partial charge in [0.15, 0.2) is 0 Å². The van der Waals surface area contributed by atoms with Crippen LogP contribution in [0.1, 0.15) is 25.0 Å². The lowest BCUT2D eigenvalue weighted by Gasteiger charge is -2.24. The van der Waals surface area contributed by atoms with Gasteiger partial charge in [-0.1, -0.05) is 12.1 Å². The highest BCUT2D eigenvalue weighted by atomic mass is 19.1. The number of imide groups is 1. The highest BCUT2D eigenvalue weighted by Gasteiger charge is 2.49. The van der Waals surface area contributed by atoms with Gasteiger partial charge >= 0.3 is 6.03 Å². The second kappa shape index (κ2) is 8.50. The Bertz CT molecular complexity index is 1040. The molecule has 3 rings (SSSR count). The van der Waals surface area contributed by atoms with Crippen LogP contribution in [0, 0.1) is 15.9 Å². The van der Waals surface area contributed by atoms with E-state index in [4.69, 9.17) is 0 Å². The van der Waals surface area contributed by atoms with Crippen molar-refractivity contribution in [2.45, 2.75) is 25.9 Å². The lowest BCUT2D eigenvalue weighted by Crippen LogP contribution is -2.44. The Labute approximate surface area is 177 Å². The van der Waals surface area contributed by atoms with Gasteiger partial charge in [0.05, 0.1) is 4.92 Å². The zero-order valence-corrected chi connectivity index (χ0v) is 17.0. The van der Waals surface area contributed by atoms with E-state index >= 15 is 0 Å². The summed E-state index contributed by atoms with van der Waals surface area (Å²) in [5, 5.41) is 13.4. The lowest BCUT2D eigenvalue weighted by atomic mass is 9.92. The topological polar surface area (TPSA) is 113 Å². The molecule has 0 saturated carbocycles. The van der Waals surface area contributed by atoms with Crippen molar-refractivity contribution >= 4 is 23.5 Å². The number of nitrogens with zero attached hydrogens (tertiary/aromatic N) is 3. The average molecular weight is 428 g/mol. The fourth-order valence-electron chi connectivity index (χ4n) is 3.42. The molecule has 1 atom stereocenters. The van der Waals surface area contributed by atoms with Crippen LogP contribution in [-0.2, 0) is 21.7 Å². The van der Waals surface area contributed by atoms with E-state index in [0.29, 0.717) is 17.7 Å². The van der Waals surface area contributed by atoms with Gasteiger partial charge in [-0.25, -0.2) is 9.18 Å². The minimum Gasteiger partial charge on any atom is -0.337 e. The summed E-state index contributed by atoms with van der Waals surface area (Å²) in [4.78, 5) is 50.7. The minimum absolute atomic E-state index is 0.135. The first kappa shape index (κ1) is 21.9.